The molecule has 0 aromatic carbocycles. The Kier molecular flexibility index (Phi) is 14.9. The molecule has 10 nitrogen and oxygen atoms in total. The molecule has 3 N–H and O–H groups in total. The van der Waals surface area contributed by atoms with E-state index >= 15 is 0 Å². The number of unbranched alkanes of at least 4 members (excludes halogenated alkanes) is 3. The lowest BCUT2D eigenvalue weighted by Gasteiger charge is -2.30. The van der Waals surface area contributed by atoms with E-state index in [-0.39, 0.29) is 58.9 Å². The van der Waals surface area contributed by atoms with Crippen LogP contribution in [0.1, 0.15) is 136 Å². The molecule has 0 aromatic rings. The fourth-order valence-electron chi connectivity index (χ4n) is 12.2. The number of hydrogen-bond acceptors (Lipinski definition) is 6. The number of amides is 4. The van der Waals surface area contributed by atoms with Gasteiger partial charge in [0, 0.05) is 63.1 Å². The van der Waals surface area contributed by atoms with Gasteiger partial charge in [0.25, 0.3) is 0 Å². The first-order valence-corrected chi connectivity index (χ1v) is 23.6. The lowest BCUT2D eigenvalue weighted by Crippen LogP contribution is -2.37. The lowest BCUT2D eigenvalue weighted by molar-refractivity contribution is -0.131. The lowest BCUT2D eigenvalue weighted by atomic mass is 9.76. The summed E-state index contributed by atoms with van der Waals surface area (Å²) in [6, 6.07) is 0. The van der Waals surface area contributed by atoms with Crippen molar-refractivity contribution >= 4 is 35.2 Å². The number of rotatable bonds is 19. The minimum absolute atomic E-state index is 0.00548. The number of nitrogens with zero attached hydrogens (tertiary/aromatic N) is 1. The summed E-state index contributed by atoms with van der Waals surface area (Å²) in [6.45, 7) is 6.92. The highest BCUT2D eigenvalue weighted by atomic mass is 16.2. The van der Waals surface area contributed by atoms with Crippen LogP contribution < -0.4 is 16.0 Å². The van der Waals surface area contributed by atoms with Gasteiger partial charge in [-0.25, -0.2) is 0 Å². The van der Waals surface area contributed by atoms with Crippen LogP contribution in [0.15, 0.2) is 23.3 Å². The molecule has 4 amide bonds. The zero-order valence-electron chi connectivity index (χ0n) is 35.9. The molecule has 10 heteroatoms. The van der Waals surface area contributed by atoms with Gasteiger partial charge >= 0.3 is 0 Å². The number of ketones is 2. The molecule has 0 radical (unpaired) electrons. The van der Waals surface area contributed by atoms with E-state index in [0.29, 0.717) is 60.9 Å². The molecule has 1 saturated heterocycles. The zero-order chi connectivity index (χ0) is 41.5. The van der Waals surface area contributed by atoms with Crippen molar-refractivity contribution < 1.29 is 28.8 Å². The number of likely N-dealkylation sites (tertiary alicyclic amines) is 1. The van der Waals surface area contributed by atoms with E-state index in [1.165, 1.54) is 11.1 Å². The van der Waals surface area contributed by atoms with Crippen LogP contribution in [0.5, 0.6) is 0 Å². The first-order valence-electron chi connectivity index (χ1n) is 23.6. The summed E-state index contributed by atoms with van der Waals surface area (Å²) in [5.41, 5.74) is 2.50. The molecule has 0 aromatic heterocycles. The minimum atomic E-state index is -0.0504. The average Bonchev–Trinajstić information content (AvgIpc) is 3.76. The van der Waals surface area contributed by atoms with Gasteiger partial charge in [0.1, 0.15) is 17.5 Å². The predicted octanol–water partition coefficient (Wildman–Crippen LogP) is 6.48. The molecule has 7 rings (SSSR count). The molecule has 1 aliphatic heterocycles. The second-order valence-corrected chi connectivity index (χ2v) is 19.7. The van der Waals surface area contributed by atoms with Gasteiger partial charge < -0.3 is 25.6 Å². The zero-order valence-corrected chi connectivity index (χ0v) is 35.9. The Hall–Kier alpha value is -3.74. The van der Waals surface area contributed by atoms with Gasteiger partial charge in [0.15, 0.2) is 0 Å². The van der Waals surface area contributed by atoms with Gasteiger partial charge in [-0.15, -0.1) is 0 Å². The van der Waals surface area contributed by atoms with Gasteiger partial charge in [-0.2, -0.15) is 0 Å². The fraction of sp³-hybridized carbons (Fsp3) is 0.755. The van der Waals surface area contributed by atoms with Crippen LogP contribution in [-0.4, -0.2) is 72.8 Å². The molecule has 59 heavy (non-hydrogen) atoms. The van der Waals surface area contributed by atoms with Crippen LogP contribution >= 0.6 is 0 Å². The summed E-state index contributed by atoms with van der Waals surface area (Å²) < 4.78 is 0. The summed E-state index contributed by atoms with van der Waals surface area (Å²) in [4.78, 5) is 77.0. The number of fused-ring (bicyclic) bond motifs is 6. The maximum Gasteiger partial charge on any atom is 0.243 e. The standard InChI is InChI=1S/C49H70N4O6/c1-31(54)8-4-3-6-20-50-46(56)26-36-24-43-41-22-35(23-42(41)44(25-36)45(43)27-47(57)52-28-33-10-14-37(15-11-33)32(2)55)9-5-7-21-51-48(58)38-16-12-34(13-17-38)29-53-30-39-18-19-40(39)49(53)59/h26-27,33-35,37-44H,3-17,20-25,28-30H2,1-2H3,(H,50,56)(H,51,58)(H,52,57). The Bertz CT molecular complexity index is 1680. The van der Waals surface area contributed by atoms with E-state index < -0.39 is 0 Å². The first-order chi connectivity index (χ1) is 28.5. The molecular weight excluding hydrogens is 741 g/mol. The molecule has 1 heterocycles. The highest BCUT2D eigenvalue weighted by Crippen LogP contribution is 2.62. The van der Waals surface area contributed by atoms with Crippen molar-refractivity contribution in [2.75, 3.05) is 32.7 Å². The molecule has 0 spiro atoms. The summed E-state index contributed by atoms with van der Waals surface area (Å²) in [6.07, 6.45) is 21.9. The SMILES string of the molecule is CC(=O)CCCCCNC(=O)C=C1CC2C(=CC(=O)NCC3CCC(C(C)=O)CC3)C(C1)C1CC(CCCCNC(=O)C3CCC(CN4CC5C#CC5C4=O)CC3)CC21. The van der Waals surface area contributed by atoms with Crippen LogP contribution in [0, 0.1) is 76.9 Å². The molecule has 7 aliphatic rings. The summed E-state index contributed by atoms with van der Waals surface area (Å²) >= 11 is 0. The molecule has 6 atom stereocenters. The topological polar surface area (TPSA) is 142 Å². The van der Waals surface area contributed by atoms with Gasteiger partial charge in [-0.3, -0.25) is 24.0 Å². The van der Waals surface area contributed by atoms with E-state index in [4.69, 9.17) is 0 Å². The number of hydrogen-bond donors (Lipinski definition) is 3. The Morgan fingerprint density at radius 2 is 1.34 bits per heavy atom. The van der Waals surface area contributed by atoms with Crippen molar-refractivity contribution in [3.05, 3.63) is 23.3 Å². The summed E-state index contributed by atoms with van der Waals surface area (Å²) in [5.74, 6) is 10.7. The third-order valence-electron chi connectivity index (χ3n) is 15.6. The average molecular weight is 811 g/mol. The van der Waals surface area contributed by atoms with Gasteiger partial charge in [0.2, 0.25) is 23.6 Å². The molecule has 6 fully saturated rings. The Labute approximate surface area is 352 Å². The van der Waals surface area contributed by atoms with Crippen LogP contribution in [0.4, 0.5) is 0 Å². The number of allylic oxidation sites excluding steroid dienone is 2. The third-order valence-corrected chi connectivity index (χ3v) is 15.6. The van der Waals surface area contributed by atoms with Crippen molar-refractivity contribution in [2.24, 2.45) is 65.1 Å². The Morgan fingerprint density at radius 3 is 1.97 bits per heavy atom. The highest BCUT2D eigenvalue weighted by Gasteiger charge is 2.53. The molecule has 6 aliphatic carbocycles. The number of Topliss-reactive ketones (excluding diaryl/α,β-unsaturated/α-hetero) is 2. The normalized spacial score (nSPS) is 32.9. The van der Waals surface area contributed by atoms with Crippen LogP contribution in [0.2, 0.25) is 0 Å². The number of carbonyl (C=O) groups excluding carboxylic acids is 6. The second kappa shape index (κ2) is 20.2. The van der Waals surface area contributed by atoms with Gasteiger partial charge in [-0.1, -0.05) is 42.2 Å². The van der Waals surface area contributed by atoms with E-state index in [2.05, 4.69) is 27.8 Å². The maximum atomic E-state index is 13.4. The van der Waals surface area contributed by atoms with E-state index in [9.17, 15) is 28.8 Å². The van der Waals surface area contributed by atoms with Crippen molar-refractivity contribution in [1.82, 2.24) is 20.9 Å². The molecule has 2 bridgehead atoms. The van der Waals surface area contributed by atoms with Crippen molar-refractivity contribution in [3.8, 4) is 11.8 Å². The third kappa shape index (κ3) is 11.2. The monoisotopic (exact) mass is 811 g/mol. The number of carbonyl (C=O) groups is 6. The molecular formula is C49H70N4O6. The molecule has 5 saturated carbocycles. The smallest absolute Gasteiger partial charge is 0.243 e. The van der Waals surface area contributed by atoms with Crippen LogP contribution in [0.3, 0.4) is 0 Å². The van der Waals surface area contributed by atoms with Crippen molar-refractivity contribution in [1.29, 1.82) is 0 Å². The van der Waals surface area contributed by atoms with Gasteiger partial charge in [-0.05, 0) is 152 Å². The maximum absolute atomic E-state index is 13.4. The highest BCUT2D eigenvalue weighted by molar-refractivity contribution is 5.90. The van der Waals surface area contributed by atoms with Crippen molar-refractivity contribution in [3.63, 3.8) is 0 Å². The van der Waals surface area contributed by atoms with Gasteiger partial charge in [0.05, 0.1) is 5.92 Å². The van der Waals surface area contributed by atoms with Crippen LogP contribution in [0.25, 0.3) is 0 Å². The Morgan fingerprint density at radius 1 is 0.695 bits per heavy atom. The van der Waals surface area contributed by atoms with Crippen molar-refractivity contribution in [2.45, 2.75) is 136 Å². The quantitative estimate of drug-likeness (QED) is 0.0775. The predicted molar refractivity (Wildman–Crippen MR) is 227 cm³/mol. The second-order valence-electron chi connectivity index (χ2n) is 19.7. The summed E-state index contributed by atoms with van der Waals surface area (Å²) in [7, 11) is 0. The first kappa shape index (κ1) is 43.4. The Balaban J connectivity index is 0.845. The fourth-order valence-corrected chi connectivity index (χ4v) is 12.2. The van der Waals surface area contributed by atoms with Crippen LogP contribution in [-0.2, 0) is 28.8 Å². The summed E-state index contributed by atoms with van der Waals surface area (Å²) in [5, 5.41) is 9.53. The molecule has 322 valence electrons. The largest absolute Gasteiger partial charge is 0.356 e. The minimum Gasteiger partial charge on any atom is -0.356 e. The number of nitrogens with one attached hydrogen (secondary N) is 3. The van der Waals surface area contributed by atoms with E-state index in [1.54, 1.807) is 13.8 Å². The molecule has 6 unspecified atom stereocenters. The van der Waals surface area contributed by atoms with E-state index in [0.717, 1.165) is 135 Å². The van der Waals surface area contributed by atoms with E-state index in [1.807, 2.05) is 17.1 Å².